The Morgan fingerprint density at radius 2 is 2.29 bits per heavy atom. The van der Waals surface area contributed by atoms with E-state index in [2.05, 4.69) is 20.6 Å². The number of aromatic nitrogens is 2. The van der Waals surface area contributed by atoms with Gasteiger partial charge in [0.15, 0.2) is 0 Å². The average Bonchev–Trinajstić information content (AvgIpc) is 2.29. The maximum absolute atomic E-state index is 11.3. The van der Waals surface area contributed by atoms with Crippen LogP contribution in [0.1, 0.15) is 6.42 Å². The van der Waals surface area contributed by atoms with Crippen molar-refractivity contribution in [1.82, 2.24) is 15.3 Å². The number of nitrogens with one attached hydrogen (secondary N) is 2. The Labute approximate surface area is 99.8 Å². The molecule has 0 spiro atoms. The largest absolute Gasteiger partial charge is 0.384 e. The van der Waals surface area contributed by atoms with Crippen LogP contribution in [0.2, 0.25) is 0 Å². The lowest BCUT2D eigenvalue weighted by Gasteiger charge is -2.06. The number of carbonyl (C=O) groups is 1. The molecule has 0 saturated carbocycles. The van der Waals surface area contributed by atoms with Gasteiger partial charge in [-0.1, -0.05) is 0 Å². The van der Waals surface area contributed by atoms with Crippen molar-refractivity contribution in [3.8, 4) is 0 Å². The van der Waals surface area contributed by atoms with E-state index in [0.717, 1.165) is 0 Å². The molecule has 0 radical (unpaired) electrons. The van der Waals surface area contributed by atoms with Gasteiger partial charge in [-0.05, 0) is 0 Å². The Morgan fingerprint density at radius 1 is 1.47 bits per heavy atom. The normalized spacial score (nSPS) is 9.94. The molecular weight excluding hydrogens is 222 g/mol. The maximum Gasteiger partial charge on any atom is 0.221 e. The molecule has 0 atom stereocenters. The molecule has 0 unspecified atom stereocenters. The molecule has 0 aliphatic rings. The van der Waals surface area contributed by atoms with Gasteiger partial charge in [0.25, 0.3) is 0 Å². The lowest BCUT2D eigenvalue weighted by atomic mass is 10.4. The lowest BCUT2D eigenvalue weighted by Crippen LogP contribution is -2.28. The summed E-state index contributed by atoms with van der Waals surface area (Å²) in [5, 5.41) is 5.70. The number of carbonyl (C=O) groups excluding carboxylic acids is 1. The van der Waals surface area contributed by atoms with Gasteiger partial charge >= 0.3 is 0 Å². The molecule has 7 nitrogen and oxygen atoms in total. The van der Waals surface area contributed by atoms with Gasteiger partial charge in [-0.15, -0.1) is 0 Å². The second-order valence-corrected chi connectivity index (χ2v) is 3.35. The van der Waals surface area contributed by atoms with E-state index in [1.54, 1.807) is 13.2 Å². The molecule has 0 aromatic carbocycles. The standard InChI is InChI=1S/C10H17N5O2/c1-17-5-4-13-10(16)2-3-12-9-6-8(11)14-7-15-9/h6-7H,2-5H2,1H3,(H,13,16)(H3,11,12,14,15). The number of nitrogens with zero attached hydrogens (tertiary/aromatic N) is 2. The Morgan fingerprint density at radius 3 is 3.00 bits per heavy atom. The second-order valence-electron chi connectivity index (χ2n) is 3.35. The van der Waals surface area contributed by atoms with Crippen LogP contribution in [0.5, 0.6) is 0 Å². The van der Waals surface area contributed by atoms with Crippen molar-refractivity contribution in [3.63, 3.8) is 0 Å². The highest BCUT2D eigenvalue weighted by Gasteiger charge is 2.00. The number of amides is 1. The van der Waals surface area contributed by atoms with Crippen LogP contribution in [0.25, 0.3) is 0 Å². The molecule has 1 heterocycles. The molecular formula is C10H17N5O2. The summed E-state index contributed by atoms with van der Waals surface area (Å²) in [6, 6.07) is 1.61. The topological polar surface area (TPSA) is 102 Å². The van der Waals surface area contributed by atoms with Crippen molar-refractivity contribution in [2.24, 2.45) is 0 Å². The fraction of sp³-hybridized carbons (Fsp3) is 0.500. The van der Waals surface area contributed by atoms with Crippen molar-refractivity contribution >= 4 is 17.5 Å². The van der Waals surface area contributed by atoms with Crippen molar-refractivity contribution in [3.05, 3.63) is 12.4 Å². The molecule has 1 aromatic heterocycles. The van der Waals surface area contributed by atoms with Gasteiger partial charge in [0.1, 0.15) is 18.0 Å². The number of anilines is 2. The zero-order valence-corrected chi connectivity index (χ0v) is 9.77. The molecule has 1 aromatic rings. The van der Waals surface area contributed by atoms with Gasteiger partial charge in [0, 0.05) is 32.7 Å². The van der Waals surface area contributed by atoms with Gasteiger partial charge in [0.2, 0.25) is 5.91 Å². The molecule has 7 heteroatoms. The van der Waals surface area contributed by atoms with Gasteiger partial charge < -0.3 is 21.1 Å². The third-order valence-electron chi connectivity index (χ3n) is 1.97. The first-order chi connectivity index (χ1) is 8.22. The van der Waals surface area contributed by atoms with Crippen molar-refractivity contribution in [2.75, 3.05) is 37.9 Å². The van der Waals surface area contributed by atoms with E-state index >= 15 is 0 Å². The fourth-order valence-electron chi connectivity index (χ4n) is 1.15. The van der Waals surface area contributed by atoms with E-state index in [4.69, 9.17) is 10.5 Å². The summed E-state index contributed by atoms with van der Waals surface area (Å²) in [7, 11) is 1.59. The molecule has 0 fully saturated rings. The maximum atomic E-state index is 11.3. The zero-order chi connectivity index (χ0) is 12.5. The van der Waals surface area contributed by atoms with Crippen molar-refractivity contribution in [2.45, 2.75) is 6.42 Å². The predicted molar refractivity (Wildman–Crippen MR) is 64.4 cm³/mol. The van der Waals surface area contributed by atoms with E-state index in [1.165, 1.54) is 6.33 Å². The quantitative estimate of drug-likeness (QED) is 0.561. The van der Waals surface area contributed by atoms with E-state index in [0.29, 0.717) is 37.8 Å². The van der Waals surface area contributed by atoms with Gasteiger partial charge in [-0.3, -0.25) is 4.79 Å². The molecule has 1 amide bonds. The minimum atomic E-state index is -0.0309. The first-order valence-electron chi connectivity index (χ1n) is 5.29. The van der Waals surface area contributed by atoms with Crippen LogP contribution < -0.4 is 16.4 Å². The summed E-state index contributed by atoms with van der Waals surface area (Å²) < 4.78 is 4.82. The first-order valence-corrected chi connectivity index (χ1v) is 5.29. The third kappa shape index (κ3) is 5.67. The Hall–Kier alpha value is -1.89. The molecule has 17 heavy (non-hydrogen) atoms. The highest BCUT2D eigenvalue weighted by atomic mass is 16.5. The van der Waals surface area contributed by atoms with Crippen molar-refractivity contribution < 1.29 is 9.53 Å². The fourth-order valence-corrected chi connectivity index (χ4v) is 1.15. The SMILES string of the molecule is COCCNC(=O)CCNc1cc(N)ncn1. The third-order valence-corrected chi connectivity index (χ3v) is 1.97. The van der Waals surface area contributed by atoms with Gasteiger partial charge in [0.05, 0.1) is 6.61 Å². The average molecular weight is 239 g/mol. The van der Waals surface area contributed by atoms with Gasteiger partial charge in [-0.2, -0.15) is 0 Å². The number of rotatable bonds is 7. The van der Waals surface area contributed by atoms with E-state index < -0.39 is 0 Å². The van der Waals surface area contributed by atoms with Crippen LogP contribution in [0.4, 0.5) is 11.6 Å². The highest BCUT2D eigenvalue weighted by molar-refractivity contribution is 5.76. The number of hydrogen-bond acceptors (Lipinski definition) is 6. The van der Waals surface area contributed by atoms with Crippen LogP contribution in [0, 0.1) is 0 Å². The Bertz CT molecular complexity index is 358. The van der Waals surface area contributed by atoms with Crippen LogP contribution in [-0.2, 0) is 9.53 Å². The first kappa shape index (κ1) is 13.2. The molecule has 94 valence electrons. The molecule has 1 rings (SSSR count). The number of methoxy groups -OCH3 is 1. The van der Waals surface area contributed by atoms with Gasteiger partial charge in [-0.25, -0.2) is 9.97 Å². The lowest BCUT2D eigenvalue weighted by molar-refractivity contribution is -0.121. The summed E-state index contributed by atoms with van der Waals surface area (Å²) in [5.74, 6) is 0.978. The Balaban J connectivity index is 2.17. The predicted octanol–water partition coefficient (Wildman–Crippen LogP) is -0.377. The monoisotopic (exact) mass is 239 g/mol. The smallest absolute Gasteiger partial charge is 0.221 e. The zero-order valence-electron chi connectivity index (χ0n) is 9.77. The highest BCUT2D eigenvalue weighted by Crippen LogP contribution is 2.04. The molecule has 0 aliphatic heterocycles. The van der Waals surface area contributed by atoms with Crippen LogP contribution in [0.3, 0.4) is 0 Å². The Kier molecular flexibility index (Phi) is 5.73. The summed E-state index contributed by atoms with van der Waals surface area (Å²) in [6.45, 7) is 1.53. The summed E-state index contributed by atoms with van der Waals surface area (Å²) in [4.78, 5) is 19.0. The summed E-state index contributed by atoms with van der Waals surface area (Å²) in [5.41, 5.74) is 5.49. The molecule has 4 N–H and O–H groups in total. The second kappa shape index (κ2) is 7.39. The van der Waals surface area contributed by atoms with Crippen molar-refractivity contribution in [1.29, 1.82) is 0 Å². The summed E-state index contributed by atoms with van der Waals surface area (Å²) in [6.07, 6.45) is 1.74. The van der Waals surface area contributed by atoms with Crippen LogP contribution in [-0.4, -0.2) is 42.7 Å². The molecule has 0 aliphatic carbocycles. The van der Waals surface area contributed by atoms with E-state index in [9.17, 15) is 4.79 Å². The minimum Gasteiger partial charge on any atom is -0.384 e. The number of ether oxygens (including phenoxy) is 1. The number of nitrogen functional groups attached to an aromatic ring is 1. The van der Waals surface area contributed by atoms with Crippen LogP contribution in [0.15, 0.2) is 12.4 Å². The number of nitrogens with two attached hydrogens (primary N) is 1. The summed E-state index contributed by atoms with van der Waals surface area (Å²) >= 11 is 0. The molecule has 0 saturated heterocycles. The number of hydrogen-bond donors (Lipinski definition) is 3. The van der Waals surface area contributed by atoms with Crippen LogP contribution >= 0.6 is 0 Å². The minimum absolute atomic E-state index is 0.0309. The van der Waals surface area contributed by atoms with E-state index in [1.807, 2.05) is 0 Å². The van der Waals surface area contributed by atoms with E-state index in [-0.39, 0.29) is 5.91 Å². The molecule has 0 bridgehead atoms.